The fourth-order valence-corrected chi connectivity index (χ4v) is 3.45. The van der Waals surface area contributed by atoms with Crippen LogP contribution in [0.25, 0.3) is 17.2 Å². The van der Waals surface area contributed by atoms with Crippen LogP contribution >= 0.6 is 11.8 Å². The molecule has 22 heavy (non-hydrogen) atoms. The van der Waals surface area contributed by atoms with E-state index in [0.717, 1.165) is 0 Å². The average molecular weight is 308 g/mol. The number of thioether (sulfide) groups is 1. The highest BCUT2D eigenvalue weighted by Crippen LogP contribution is 2.43. The Labute approximate surface area is 136 Å². The molecular weight excluding hydrogens is 288 g/mol. The Kier molecular flexibility index (Phi) is 4.51. The fourth-order valence-electron chi connectivity index (χ4n) is 3.04. The van der Waals surface area contributed by atoms with Crippen LogP contribution in [0.3, 0.4) is 0 Å². The second kappa shape index (κ2) is 6.55. The molecule has 2 aromatic carbocycles. The lowest BCUT2D eigenvalue weighted by molar-refractivity contribution is 0.301. The van der Waals surface area contributed by atoms with Crippen LogP contribution in [0, 0.1) is 0 Å². The smallest absolute Gasteiger partial charge is 0.0471 e. The van der Waals surface area contributed by atoms with Gasteiger partial charge in [-0.2, -0.15) is 0 Å². The van der Waals surface area contributed by atoms with Crippen LogP contribution in [0.4, 0.5) is 0 Å². The van der Waals surface area contributed by atoms with E-state index in [-0.39, 0.29) is 6.61 Å². The van der Waals surface area contributed by atoms with Gasteiger partial charge in [-0.15, -0.1) is 11.8 Å². The molecule has 0 aromatic heterocycles. The zero-order valence-electron chi connectivity index (χ0n) is 13.0. The molecule has 0 saturated heterocycles. The standard InChI is InChI=1S/C20H20OS/c1-14-17-5-3-4-6-19(17)20(18(14)11-12-21)13-15-7-9-16(22-2)10-8-15/h3-10,13,21H,11-12H2,1-2H3/b20-13+. The lowest BCUT2D eigenvalue weighted by Crippen LogP contribution is -1.90. The minimum atomic E-state index is 0.184. The zero-order chi connectivity index (χ0) is 15.5. The van der Waals surface area contributed by atoms with Gasteiger partial charge in [-0.3, -0.25) is 0 Å². The number of hydrogen-bond donors (Lipinski definition) is 1. The van der Waals surface area contributed by atoms with Crippen LogP contribution in [0.5, 0.6) is 0 Å². The van der Waals surface area contributed by atoms with E-state index in [4.69, 9.17) is 0 Å². The van der Waals surface area contributed by atoms with Crippen molar-refractivity contribution in [3.8, 4) is 0 Å². The Morgan fingerprint density at radius 2 is 1.68 bits per heavy atom. The lowest BCUT2D eigenvalue weighted by Gasteiger charge is -2.07. The van der Waals surface area contributed by atoms with Gasteiger partial charge in [0.1, 0.15) is 0 Å². The van der Waals surface area contributed by atoms with Gasteiger partial charge >= 0.3 is 0 Å². The van der Waals surface area contributed by atoms with E-state index >= 15 is 0 Å². The van der Waals surface area contributed by atoms with Crippen molar-refractivity contribution in [2.45, 2.75) is 18.2 Å². The first kappa shape index (κ1) is 15.1. The maximum atomic E-state index is 9.41. The van der Waals surface area contributed by atoms with Gasteiger partial charge in [-0.1, -0.05) is 36.4 Å². The summed E-state index contributed by atoms with van der Waals surface area (Å²) in [5, 5.41) is 9.41. The van der Waals surface area contributed by atoms with Gasteiger partial charge in [-0.05, 0) is 71.2 Å². The minimum Gasteiger partial charge on any atom is -0.396 e. The normalized spacial score (nSPS) is 15.5. The second-order valence-corrected chi connectivity index (χ2v) is 6.33. The quantitative estimate of drug-likeness (QED) is 0.791. The Hall–Kier alpha value is -1.77. The van der Waals surface area contributed by atoms with Crippen molar-refractivity contribution in [1.82, 2.24) is 0 Å². The summed E-state index contributed by atoms with van der Waals surface area (Å²) in [6.45, 7) is 2.34. The van der Waals surface area contributed by atoms with Crippen LogP contribution in [0.15, 0.2) is 59.0 Å². The first-order chi connectivity index (χ1) is 10.7. The summed E-state index contributed by atoms with van der Waals surface area (Å²) < 4.78 is 0. The summed E-state index contributed by atoms with van der Waals surface area (Å²) in [6, 6.07) is 17.1. The Morgan fingerprint density at radius 3 is 2.32 bits per heavy atom. The number of benzene rings is 2. The van der Waals surface area contributed by atoms with Gasteiger partial charge in [0, 0.05) is 11.5 Å². The average Bonchev–Trinajstić information content (AvgIpc) is 2.82. The van der Waals surface area contributed by atoms with Crippen molar-refractivity contribution in [2.75, 3.05) is 12.9 Å². The van der Waals surface area contributed by atoms with E-state index in [1.807, 2.05) is 0 Å². The molecule has 0 aliphatic heterocycles. The molecule has 0 spiro atoms. The molecule has 0 saturated carbocycles. The molecule has 0 bridgehead atoms. The summed E-state index contributed by atoms with van der Waals surface area (Å²) in [5.74, 6) is 0. The molecule has 2 heteroatoms. The van der Waals surface area contributed by atoms with E-state index in [1.165, 1.54) is 38.3 Å². The first-order valence-corrected chi connectivity index (χ1v) is 8.73. The molecule has 0 atom stereocenters. The van der Waals surface area contributed by atoms with Crippen LogP contribution in [-0.2, 0) is 0 Å². The Balaban J connectivity index is 2.08. The summed E-state index contributed by atoms with van der Waals surface area (Å²) in [4.78, 5) is 1.27. The number of aliphatic hydroxyl groups is 1. The molecule has 3 rings (SSSR count). The fraction of sp³-hybridized carbons (Fsp3) is 0.200. The SMILES string of the molecule is CSc1ccc(/C=C2\C(CCO)=C(C)c3ccccc32)cc1. The van der Waals surface area contributed by atoms with E-state index in [1.54, 1.807) is 11.8 Å². The molecular formula is C20H20OS. The molecule has 0 amide bonds. The number of fused-ring (bicyclic) bond motifs is 1. The van der Waals surface area contributed by atoms with Crippen molar-refractivity contribution in [2.24, 2.45) is 0 Å². The van der Waals surface area contributed by atoms with Gasteiger partial charge < -0.3 is 5.11 Å². The molecule has 0 heterocycles. The molecule has 1 nitrogen and oxygen atoms in total. The minimum absolute atomic E-state index is 0.184. The molecule has 112 valence electrons. The van der Waals surface area contributed by atoms with Crippen LogP contribution in [0.2, 0.25) is 0 Å². The molecule has 1 aliphatic carbocycles. The third-order valence-corrected chi connectivity index (χ3v) is 4.93. The zero-order valence-corrected chi connectivity index (χ0v) is 13.8. The maximum absolute atomic E-state index is 9.41. The summed E-state index contributed by atoms with van der Waals surface area (Å²) in [7, 11) is 0. The predicted octanol–water partition coefficient (Wildman–Crippen LogP) is 5.12. The third-order valence-electron chi connectivity index (χ3n) is 4.19. The van der Waals surface area contributed by atoms with Gasteiger partial charge in [-0.25, -0.2) is 0 Å². The predicted molar refractivity (Wildman–Crippen MR) is 96.8 cm³/mol. The molecule has 1 N–H and O–H groups in total. The Morgan fingerprint density at radius 1 is 1.00 bits per heavy atom. The highest BCUT2D eigenvalue weighted by atomic mass is 32.2. The summed E-state index contributed by atoms with van der Waals surface area (Å²) in [5.41, 5.74) is 7.57. The van der Waals surface area contributed by atoms with Crippen molar-refractivity contribution < 1.29 is 5.11 Å². The van der Waals surface area contributed by atoms with Gasteiger partial charge in [0.25, 0.3) is 0 Å². The molecule has 0 unspecified atom stereocenters. The van der Waals surface area contributed by atoms with Crippen LogP contribution in [0.1, 0.15) is 30.0 Å². The second-order valence-electron chi connectivity index (χ2n) is 5.45. The highest BCUT2D eigenvalue weighted by Gasteiger charge is 2.22. The number of hydrogen-bond acceptors (Lipinski definition) is 2. The van der Waals surface area contributed by atoms with Crippen molar-refractivity contribution in [3.63, 3.8) is 0 Å². The van der Waals surface area contributed by atoms with Crippen LogP contribution < -0.4 is 0 Å². The van der Waals surface area contributed by atoms with E-state index in [9.17, 15) is 5.11 Å². The Bertz CT molecular complexity index is 739. The maximum Gasteiger partial charge on any atom is 0.0471 e. The van der Waals surface area contributed by atoms with Gasteiger partial charge in [0.05, 0.1) is 0 Å². The third kappa shape index (κ3) is 2.77. The van der Waals surface area contributed by atoms with Crippen molar-refractivity contribution in [1.29, 1.82) is 0 Å². The molecule has 0 radical (unpaired) electrons. The van der Waals surface area contributed by atoms with Gasteiger partial charge in [0.15, 0.2) is 0 Å². The monoisotopic (exact) mass is 308 g/mol. The highest BCUT2D eigenvalue weighted by molar-refractivity contribution is 7.98. The largest absolute Gasteiger partial charge is 0.396 e. The summed E-state index contributed by atoms with van der Waals surface area (Å²) in [6.07, 6.45) is 5.03. The number of rotatable bonds is 4. The van der Waals surface area contributed by atoms with Crippen LogP contribution in [-0.4, -0.2) is 18.0 Å². The van der Waals surface area contributed by atoms with Gasteiger partial charge in [0.2, 0.25) is 0 Å². The number of aliphatic hydroxyl groups excluding tert-OH is 1. The van der Waals surface area contributed by atoms with E-state index < -0.39 is 0 Å². The molecule has 2 aromatic rings. The molecule has 0 fully saturated rings. The topological polar surface area (TPSA) is 20.2 Å². The summed E-state index contributed by atoms with van der Waals surface area (Å²) >= 11 is 1.75. The first-order valence-electron chi connectivity index (χ1n) is 7.51. The lowest BCUT2D eigenvalue weighted by atomic mass is 9.98. The molecule has 1 aliphatic rings. The van der Waals surface area contributed by atoms with Crippen molar-refractivity contribution >= 4 is 29.0 Å². The van der Waals surface area contributed by atoms with Crippen molar-refractivity contribution in [3.05, 3.63) is 70.8 Å². The van der Waals surface area contributed by atoms with E-state index in [2.05, 4.69) is 67.8 Å². The number of allylic oxidation sites excluding steroid dienone is 2. The van der Waals surface area contributed by atoms with E-state index in [0.29, 0.717) is 6.42 Å².